The molecule has 2 aliphatic heterocycles. The molecule has 1 amide bonds. The van der Waals surface area contributed by atoms with E-state index in [1.54, 1.807) is 6.92 Å². The summed E-state index contributed by atoms with van der Waals surface area (Å²) in [6.45, 7) is 1.92. The SMILES string of the molecule is Cc1nnn(CC2CN(c3cc(F)c(C4CCS(=O)(=O)CC4)c(F)c3)C(=O)O2)n1. The zero-order chi connectivity index (χ0) is 20.8. The van der Waals surface area contributed by atoms with Crippen molar-refractivity contribution >= 4 is 21.6 Å². The summed E-state index contributed by atoms with van der Waals surface area (Å²) in [5.41, 5.74) is -0.0857. The monoisotopic (exact) mass is 427 g/mol. The highest BCUT2D eigenvalue weighted by molar-refractivity contribution is 7.91. The molecule has 2 saturated heterocycles. The Balaban J connectivity index is 1.51. The number of aromatic nitrogens is 4. The summed E-state index contributed by atoms with van der Waals surface area (Å²) < 4.78 is 57.8. The molecule has 1 aromatic carbocycles. The van der Waals surface area contributed by atoms with E-state index in [0.29, 0.717) is 5.82 Å². The van der Waals surface area contributed by atoms with Gasteiger partial charge in [-0.1, -0.05) is 0 Å². The lowest BCUT2D eigenvalue weighted by atomic mass is 9.92. The van der Waals surface area contributed by atoms with Gasteiger partial charge in [-0.3, -0.25) is 4.90 Å². The summed E-state index contributed by atoms with van der Waals surface area (Å²) in [4.78, 5) is 14.6. The third-order valence-electron chi connectivity index (χ3n) is 5.13. The minimum absolute atomic E-state index is 0.0439. The molecule has 0 saturated carbocycles. The minimum Gasteiger partial charge on any atom is -0.442 e. The van der Waals surface area contributed by atoms with Crippen LogP contribution in [0, 0.1) is 18.6 Å². The summed E-state index contributed by atoms with van der Waals surface area (Å²) in [6, 6.07) is 2.17. The van der Waals surface area contributed by atoms with Gasteiger partial charge in [0.25, 0.3) is 0 Å². The number of benzene rings is 1. The number of carbonyl (C=O) groups excluding carboxylic acids is 1. The quantitative estimate of drug-likeness (QED) is 0.729. The summed E-state index contributed by atoms with van der Waals surface area (Å²) >= 11 is 0. The van der Waals surface area contributed by atoms with Crippen LogP contribution in [0.4, 0.5) is 19.3 Å². The number of carbonyl (C=O) groups is 1. The van der Waals surface area contributed by atoms with Crippen LogP contribution in [0.5, 0.6) is 0 Å². The molecule has 0 N–H and O–H groups in total. The standard InChI is InChI=1S/C17H19F2N5O4S/c1-10-20-22-24(21-10)9-13-8-23(17(25)28-13)12-6-14(18)16(15(19)7-12)11-2-4-29(26,27)5-3-11/h6-7,11,13H,2-5,8-9H2,1H3. The molecular formula is C17H19F2N5O4S. The number of ether oxygens (including phenoxy) is 1. The molecule has 2 aliphatic rings. The van der Waals surface area contributed by atoms with Crippen molar-refractivity contribution in [2.45, 2.75) is 38.3 Å². The largest absolute Gasteiger partial charge is 0.442 e. The molecule has 3 heterocycles. The van der Waals surface area contributed by atoms with Gasteiger partial charge in [-0.15, -0.1) is 10.2 Å². The molecule has 156 valence electrons. The Bertz CT molecular complexity index is 1020. The number of rotatable bonds is 4. The predicted molar refractivity (Wildman–Crippen MR) is 97.2 cm³/mol. The average Bonchev–Trinajstić information content (AvgIpc) is 3.21. The molecule has 2 aromatic rings. The topological polar surface area (TPSA) is 107 Å². The van der Waals surface area contributed by atoms with Crippen LogP contribution in [-0.2, 0) is 21.1 Å². The molecule has 1 unspecified atom stereocenters. The first kappa shape index (κ1) is 19.7. The van der Waals surface area contributed by atoms with Crippen LogP contribution in [0.2, 0.25) is 0 Å². The summed E-state index contributed by atoms with van der Waals surface area (Å²) in [5, 5.41) is 11.6. The van der Waals surface area contributed by atoms with E-state index < -0.39 is 39.6 Å². The Morgan fingerprint density at radius 2 is 1.86 bits per heavy atom. The molecule has 1 atom stereocenters. The molecule has 0 spiro atoms. The first-order chi connectivity index (χ1) is 13.7. The maximum atomic E-state index is 14.7. The van der Waals surface area contributed by atoms with Gasteiger partial charge in [0.2, 0.25) is 0 Å². The first-order valence-electron chi connectivity index (χ1n) is 9.14. The van der Waals surface area contributed by atoms with Gasteiger partial charge in [0, 0.05) is 5.56 Å². The normalized spacial score (nSPS) is 22.1. The van der Waals surface area contributed by atoms with E-state index in [0.717, 1.165) is 17.0 Å². The van der Waals surface area contributed by atoms with Crippen LogP contribution in [-0.4, -0.2) is 58.9 Å². The number of hydrogen-bond donors (Lipinski definition) is 0. The van der Waals surface area contributed by atoms with Crippen LogP contribution in [0.3, 0.4) is 0 Å². The minimum atomic E-state index is -3.14. The number of tetrazole rings is 1. The highest BCUT2D eigenvalue weighted by Crippen LogP contribution is 2.35. The van der Waals surface area contributed by atoms with Gasteiger partial charge in [0.05, 0.1) is 23.7 Å². The van der Waals surface area contributed by atoms with Crippen molar-refractivity contribution in [2.75, 3.05) is 23.0 Å². The summed E-state index contributed by atoms with van der Waals surface area (Å²) in [6.07, 6.45) is -0.964. The fourth-order valence-electron chi connectivity index (χ4n) is 3.71. The van der Waals surface area contributed by atoms with Crippen molar-refractivity contribution in [1.29, 1.82) is 0 Å². The maximum absolute atomic E-state index is 14.7. The van der Waals surface area contributed by atoms with Crippen LogP contribution in [0.25, 0.3) is 0 Å². The number of aryl methyl sites for hydroxylation is 1. The van der Waals surface area contributed by atoms with E-state index in [1.807, 2.05) is 0 Å². The van der Waals surface area contributed by atoms with E-state index in [4.69, 9.17) is 4.74 Å². The van der Waals surface area contributed by atoms with Gasteiger partial charge in [0.15, 0.2) is 5.82 Å². The number of hydrogen-bond acceptors (Lipinski definition) is 7. The molecule has 12 heteroatoms. The van der Waals surface area contributed by atoms with Crippen LogP contribution in [0.15, 0.2) is 12.1 Å². The zero-order valence-corrected chi connectivity index (χ0v) is 16.4. The van der Waals surface area contributed by atoms with Gasteiger partial charge < -0.3 is 4.74 Å². The second-order valence-corrected chi connectivity index (χ2v) is 9.56. The predicted octanol–water partition coefficient (Wildman–Crippen LogP) is 1.58. The Morgan fingerprint density at radius 3 is 2.45 bits per heavy atom. The van der Waals surface area contributed by atoms with Gasteiger partial charge in [-0.2, -0.15) is 4.80 Å². The van der Waals surface area contributed by atoms with Crippen LogP contribution < -0.4 is 4.90 Å². The van der Waals surface area contributed by atoms with Gasteiger partial charge in [-0.05, 0) is 43.0 Å². The third-order valence-corrected chi connectivity index (χ3v) is 6.85. The van der Waals surface area contributed by atoms with E-state index in [-0.39, 0.29) is 48.7 Å². The molecule has 2 fully saturated rings. The molecule has 9 nitrogen and oxygen atoms in total. The average molecular weight is 427 g/mol. The van der Waals surface area contributed by atoms with E-state index >= 15 is 0 Å². The highest BCUT2D eigenvalue weighted by atomic mass is 32.2. The van der Waals surface area contributed by atoms with Gasteiger partial charge in [0.1, 0.15) is 34.1 Å². The molecule has 29 heavy (non-hydrogen) atoms. The zero-order valence-electron chi connectivity index (χ0n) is 15.6. The first-order valence-corrected chi connectivity index (χ1v) is 11.0. The number of sulfone groups is 1. The van der Waals surface area contributed by atoms with Gasteiger partial charge >= 0.3 is 6.09 Å². The fourth-order valence-corrected chi connectivity index (χ4v) is 5.20. The van der Waals surface area contributed by atoms with Crippen LogP contribution in [0.1, 0.15) is 30.1 Å². The van der Waals surface area contributed by atoms with E-state index in [9.17, 15) is 22.0 Å². The number of halogens is 2. The summed E-state index contributed by atoms with van der Waals surface area (Å²) in [7, 11) is -3.14. The number of nitrogens with zero attached hydrogens (tertiary/aromatic N) is 5. The molecular weight excluding hydrogens is 408 g/mol. The van der Waals surface area contributed by atoms with Crippen molar-refractivity contribution < 1.29 is 26.7 Å². The number of anilines is 1. The second-order valence-electron chi connectivity index (χ2n) is 7.26. The Labute approximate surface area is 165 Å². The van der Waals surface area contributed by atoms with Crippen molar-refractivity contribution in [3.63, 3.8) is 0 Å². The maximum Gasteiger partial charge on any atom is 0.414 e. The van der Waals surface area contributed by atoms with Crippen molar-refractivity contribution in [2.24, 2.45) is 0 Å². The lowest BCUT2D eigenvalue weighted by Crippen LogP contribution is -2.27. The van der Waals surface area contributed by atoms with E-state index in [1.165, 1.54) is 4.80 Å². The molecule has 1 aromatic heterocycles. The highest BCUT2D eigenvalue weighted by Gasteiger charge is 2.35. The second kappa shape index (κ2) is 7.32. The lowest BCUT2D eigenvalue weighted by Gasteiger charge is -2.24. The van der Waals surface area contributed by atoms with Crippen LogP contribution >= 0.6 is 0 Å². The lowest BCUT2D eigenvalue weighted by molar-refractivity contribution is 0.126. The fraction of sp³-hybridized carbons (Fsp3) is 0.529. The Morgan fingerprint density at radius 1 is 1.21 bits per heavy atom. The van der Waals surface area contributed by atoms with Crippen molar-refractivity contribution in [1.82, 2.24) is 20.2 Å². The Hall–Kier alpha value is -2.63. The molecule has 4 rings (SSSR count). The van der Waals surface area contributed by atoms with Crippen molar-refractivity contribution in [3.05, 3.63) is 35.2 Å². The Kier molecular flexibility index (Phi) is 4.97. The molecule has 0 bridgehead atoms. The number of cyclic esters (lactones) is 1. The smallest absolute Gasteiger partial charge is 0.414 e. The third kappa shape index (κ3) is 4.07. The van der Waals surface area contributed by atoms with E-state index in [2.05, 4.69) is 15.4 Å². The molecule has 0 aliphatic carbocycles. The summed E-state index contributed by atoms with van der Waals surface area (Å²) in [5.74, 6) is -1.81. The molecule has 0 radical (unpaired) electrons. The van der Waals surface area contributed by atoms with Gasteiger partial charge in [-0.25, -0.2) is 22.0 Å². The number of amides is 1. The van der Waals surface area contributed by atoms with Crippen molar-refractivity contribution in [3.8, 4) is 0 Å².